The zero-order chi connectivity index (χ0) is 32.1. The zero-order valence-electron chi connectivity index (χ0n) is 26.3. The molecule has 43 heavy (non-hydrogen) atoms. The highest BCUT2D eigenvalue weighted by atomic mass is 16.3. The molecule has 0 aliphatic carbocycles. The van der Waals surface area contributed by atoms with Gasteiger partial charge in [0, 0.05) is 47.2 Å². The third kappa shape index (κ3) is 7.66. The molecule has 0 unspecified atom stereocenters. The summed E-state index contributed by atoms with van der Waals surface area (Å²) in [6, 6.07) is 0. The van der Waals surface area contributed by atoms with Crippen LogP contribution >= 0.6 is 0 Å². The van der Waals surface area contributed by atoms with E-state index in [1.54, 1.807) is 57.4 Å². The van der Waals surface area contributed by atoms with Gasteiger partial charge in [-0.3, -0.25) is 27.9 Å². The van der Waals surface area contributed by atoms with Gasteiger partial charge in [0.2, 0.25) is 0 Å². The molecule has 0 aromatic carbocycles. The van der Waals surface area contributed by atoms with E-state index in [4.69, 9.17) is 0 Å². The molecule has 0 bridgehead atoms. The third-order valence-electron chi connectivity index (χ3n) is 7.35. The Bertz CT molecular complexity index is 1830. The molecule has 14 heteroatoms. The molecule has 236 valence electrons. The van der Waals surface area contributed by atoms with Crippen LogP contribution < -0.4 is 22.5 Å². The predicted molar refractivity (Wildman–Crippen MR) is 164 cm³/mol. The Kier molecular flexibility index (Phi) is 10.8. The van der Waals surface area contributed by atoms with Gasteiger partial charge in [-0.1, -0.05) is 6.92 Å². The van der Waals surface area contributed by atoms with Gasteiger partial charge < -0.3 is 19.0 Å². The van der Waals surface area contributed by atoms with Crippen LogP contribution in [0.5, 0.6) is 0 Å². The summed E-state index contributed by atoms with van der Waals surface area (Å²) in [7, 11) is 4.98. The van der Waals surface area contributed by atoms with Gasteiger partial charge in [0.15, 0.2) is 22.3 Å². The Morgan fingerprint density at radius 3 is 1.84 bits per heavy atom. The van der Waals surface area contributed by atoms with Crippen molar-refractivity contribution in [1.82, 2.24) is 37.4 Å². The Morgan fingerprint density at radius 1 is 0.791 bits per heavy atom. The van der Waals surface area contributed by atoms with Gasteiger partial charge in [-0.15, -0.1) is 0 Å². The first-order chi connectivity index (χ1) is 20.2. The van der Waals surface area contributed by atoms with Gasteiger partial charge in [0.05, 0.1) is 18.3 Å². The second-order valence-corrected chi connectivity index (χ2v) is 11.7. The highest BCUT2D eigenvalue weighted by Crippen LogP contribution is 2.12. The number of imidazole rings is 2. The predicted octanol–water partition coefficient (Wildman–Crippen LogP) is 1.44. The van der Waals surface area contributed by atoms with Crippen molar-refractivity contribution >= 4 is 28.1 Å². The van der Waals surface area contributed by atoms with E-state index in [1.165, 1.54) is 24.6 Å². The average molecular weight is 601 g/mol. The Hall–Kier alpha value is -4.07. The van der Waals surface area contributed by atoms with Crippen molar-refractivity contribution in [2.24, 2.45) is 21.1 Å². The molecule has 0 radical (unpaired) electrons. The lowest BCUT2D eigenvalue weighted by atomic mass is 10.0. The minimum atomic E-state index is -0.720. The lowest BCUT2D eigenvalue weighted by Gasteiger charge is -2.16. The van der Waals surface area contributed by atoms with Crippen LogP contribution in [0.3, 0.4) is 0 Å². The minimum absolute atomic E-state index is 0.122. The van der Waals surface area contributed by atoms with E-state index < -0.39 is 5.60 Å². The van der Waals surface area contributed by atoms with Crippen molar-refractivity contribution < 1.29 is 9.90 Å². The number of aromatic nitrogens is 8. The maximum absolute atomic E-state index is 12.6. The highest BCUT2D eigenvalue weighted by Gasteiger charge is 2.17. The first-order valence-electron chi connectivity index (χ1n) is 14.7. The van der Waals surface area contributed by atoms with Gasteiger partial charge in [-0.25, -0.2) is 19.6 Å². The van der Waals surface area contributed by atoms with Gasteiger partial charge >= 0.3 is 11.4 Å². The summed E-state index contributed by atoms with van der Waals surface area (Å²) in [6.07, 6.45) is 7.86. The minimum Gasteiger partial charge on any atom is -0.390 e. The molecule has 4 heterocycles. The average Bonchev–Trinajstić information content (AvgIpc) is 3.53. The van der Waals surface area contributed by atoms with Gasteiger partial charge in [-0.2, -0.15) is 0 Å². The van der Waals surface area contributed by atoms with Crippen LogP contribution in [-0.2, 0) is 45.6 Å². The van der Waals surface area contributed by atoms with Crippen molar-refractivity contribution in [1.29, 1.82) is 0 Å². The topological polar surface area (TPSA) is 161 Å². The summed E-state index contributed by atoms with van der Waals surface area (Å²) >= 11 is 0. The van der Waals surface area contributed by atoms with Crippen LogP contribution in [0.15, 0.2) is 31.8 Å². The highest BCUT2D eigenvalue weighted by molar-refractivity contribution is 5.75. The van der Waals surface area contributed by atoms with E-state index in [9.17, 15) is 29.1 Å². The van der Waals surface area contributed by atoms with Gasteiger partial charge in [0.25, 0.3) is 11.1 Å². The molecule has 0 aliphatic rings. The number of hydrogen-bond acceptors (Lipinski definition) is 8. The van der Waals surface area contributed by atoms with Crippen molar-refractivity contribution in [2.45, 2.75) is 97.9 Å². The standard InChI is InChI=1S/C15H22N4O3.C14H22N4O3/c1-4-8-18-10-16-13-12(18)14(21)19(15(22)17(13)3)9-6-5-7-11(2)20;1-14(2,21)7-5-6-8-18-12(19)10-11(15-9-16(10)3)17(4)13(18)20/h10H,4-9H2,1-3H3;9,21H,5-8H2,1-4H3. The van der Waals surface area contributed by atoms with Crippen LogP contribution in [0.4, 0.5) is 0 Å². The van der Waals surface area contributed by atoms with Crippen LogP contribution in [0, 0.1) is 0 Å². The summed E-state index contributed by atoms with van der Waals surface area (Å²) in [5.74, 6) is 0.122. The number of Topliss-reactive ketones (excluding diaryl/α,β-unsaturated/α-hetero) is 1. The van der Waals surface area contributed by atoms with E-state index in [0.29, 0.717) is 74.1 Å². The number of aryl methyl sites for hydroxylation is 4. The molecule has 0 saturated heterocycles. The number of carbonyl (C=O) groups is 1. The number of nitrogens with zero attached hydrogens (tertiary/aromatic N) is 8. The van der Waals surface area contributed by atoms with E-state index in [0.717, 1.165) is 12.8 Å². The lowest BCUT2D eigenvalue weighted by molar-refractivity contribution is -0.117. The quantitative estimate of drug-likeness (QED) is 0.239. The molecule has 1 N–H and O–H groups in total. The molecule has 0 amide bonds. The smallest absolute Gasteiger partial charge is 0.332 e. The maximum Gasteiger partial charge on any atom is 0.332 e. The molecule has 4 aromatic rings. The summed E-state index contributed by atoms with van der Waals surface area (Å²) in [5, 5.41) is 9.67. The number of unbranched alkanes of at least 4 members (excludes halogenated alkanes) is 2. The fourth-order valence-electron chi connectivity index (χ4n) is 4.99. The molecule has 0 atom stereocenters. The number of fused-ring (bicyclic) bond motifs is 2. The molecule has 4 aromatic heterocycles. The fourth-order valence-corrected chi connectivity index (χ4v) is 4.99. The third-order valence-corrected chi connectivity index (χ3v) is 7.35. The molecular weight excluding hydrogens is 556 g/mol. The van der Waals surface area contributed by atoms with Crippen LogP contribution in [0.25, 0.3) is 22.3 Å². The van der Waals surface area contributed by atoms with Crippen molar-refractivity contribution in [3.63, 3.8) is 0 Å². The molecular formula is C29H44N8O6. The molecule has 4 rings (SSSR count). The number of rotatable bonds is 12. The number of aliphatic hydroxyl groups is 1. The normalized spacial score (nSPS) is 11.7. The molecule has 0 aliphatic heterocycles. The number of hydrogen-bond donors (Lipinski definition) is 1. The largest absolute Gasteiger partial charge is 0.390 e. The molecule has 0 saturated carbocycles. The van der Waals surface area contributed by atoms with Crippen LogP contribution in [-0.4, -0.2) is 53.9 Å². The monoisotopic (exact) mass is 600 g/mol. The summed E-state index contributed by atoms with van der Waals surface area (Å²) in [4.78, 5) is 68.8. The second-order valence-electron chi connectivity index (χ2n) is 11.7. The van der Waals surface area contributed by atoms with Crippen LogP contribution in [0.2, 0.25) is 0 Å². The zero-order valence-corrected chi connectivity index (χ0v) is 26.3. The van der Waals surface area contributed by atoms with E-state index in [-0.39, 0.29) is 28.3 Å². The molecule has 0 fully saturated rings. The van der Waals surface area contributed by atoms with E-state index in [1.807, 2.05) is 6.92 Å². The summed E-state index contributed by atoms with van der Waals surface area (Å²) in [5.41, 5.74) is -0.319. The molecule has 0 spiro atoms. The van der Waals surface area contributed by atoms with Crippen LogP contribution in [0.1, 0.15) is 72.6 Å². The van der Waals surface area contributed by atoms with Crippen molar-refractivity contribution in [3.05, 3.63) is 54.3 Å². The van der Waals surface area contributed by atoms with E-state index in [2.05, 4.69) is 9.97 Å². The Labute approximate surface area is 248 Å². The van der Waals surface area contributed by atoms with Crippen molar-refractivity contribution in [3.8, 4) is 0 Å². The van der Waals surface area contributed by atoms with Gasteiger partial charge in [0.1, 0.15) is 5.78 Å². The van der Waals surface area contributed by atoms with Crippen molar-refractivity contribution in [2.75, 3.05) is 0 Å². The fraction of sp³-hybridized carbons (Fsp3) is 0.621. The SMILES string of the molecule is CCCn1cnc2c1c(=O)n(CCCCC(C)=O)c(=O)n2C.Cn1cnc2c1c(=O)n(CCCCC(C)(C)O)c(=O)n2C. The number of ketones is 1. The Balaban J connectivity index is 0.000000236. The summed E-state index contributed by atoms with van der Waals surface area (Å²) < 4.78 is 8.72. The Morgan fingerprint density at radius 2 is 1.30 bits per heavy atom. The first-order valence-corrected chi connectivity index (χ1v) is 14.7. The summed E-state index contributed by atoms with van der Waals surface area (Å²) in [6.45, 7) is 8.43. The first kappa shape index (κ1) is 33.4. The lowest BCUT2D eigenvalue weighted by Crippen LogP contribution is -2.39. The van der Waals surface area contributed by atoms with E-state index >= 15 is 0 Å². The second kappa shape index (κ2) is 13.9. The molecule has 14 nitrogen and oxygen atoms in total. The van der Waals surface area contributed by atoms with Gasteiger partial charge in [-0.05, 0) is 59.3 Å². The number of carbonyl (C=O) groups excluding carboxylic acids is 1. The maximum atomic E-state index is 12.6.